The minimum absolute atomic E-state index is 0.260. The number of hydrogen-bond acceptors (Lipinski definition) is 2. The van der Waals surface area contributed by atoms with Gasteiger partial charge in [0.05, 0.1) is 0 Å². The van der Waals surface area contributed by atoms with Crippen molar-refractivity contribution >= 4 is 11.8 Å². The zero-order chi connectivity index (χ0) is 15.8. The molecule has 0 bridgehead atoms. The van der Waals surface area contributed by atoms with Gasteiger partial charge in [0, 0.05) is 24.9 Å². The van der Waals surface area contributed by atoms with Crippen molar-refractivity contribution in [2.75, 3.05) is 0 Å². The quantitative estimate of drug-likeness (QED) is 0.731. The first kappa shape index (κ1) is 17.3. The normalized spacial score (nSPS) is 20.7. The van der Waals surface area contributed by atoms with Gasteiger partial charge in [0.1, 0.15) is 0 Å². The van der Waals surface area contributed by atoms with Crippen molar-refractivity contribution in [2.24, 2.45) is 5.73 Å². The van der Waals surface area contributed by atoms with Gasteiger partial charge in [-0.05, 0) is 38.5 Å². The second-order valence-electron chi connectivity index (χ2n) is 7.06. The highest BCUT2D eigenvalue weighted by molar-refractivity contribution is 5.77. The third-order valence-electron chi connectivity index (χ3n) is 5.29. The molecule has 2 aliphatic carbocycles. The topological polar surface area (TPSA) is 63.4 Å². The maximum absolute atomic E-state index is 12.8. The van der Waals surface area contributed by atoms with Crippen LogP contribution in [0, 0.1) is 0 Å². The van der Waals surface area contributed by atoms with Crippen molar-refractivity contribution in [1.82, 2.24) is 4.90 Å². The molecular weight excluding hydrogens is 276 g/mol. The fraction of sp³-hybridized carbons (Fsp3) is 0.889. The molecule has 2 aliphatic rings. The lowest BCUT2D eigenvalue weighted by molar-refractivity contribution is -0.138. The SMILES string of the molecule is NC(=O)CCCCC(=O)N(C1CCCCC1)C1CCCCC1. The van der Waals surface area contributed by atoms with Gasteiger partial charge >= 0.3 is 0 Å². The molecule has 2 rings (SSSR count). The van der Waals surface area contributed by atoms with Crippen LogP contribution in [0.2, 0.25) is 0 Å². The lowest BCUT2D eigenvalue weighted by Crippen LogP contribution is -2.48. The largest absolute Gasteiger partial charge is 0.370 e. The molecular formula is C18H32N2O2. The van der Waals surface area contributed by atoms with E-state index in [9.17, 15) is 9.59 Å². The highest BCUT2D eigenvalue weighted by Crippen LogP contribution is 2.31. The van der Waals surface area contributed by atoms with E-state index >= 15 is 0 Å². The number of amides is 2. The second-order valence-corrected chi connectivity index (χ2v) is 7.06. The second kappa shape index (κ2) is 9.16. The molecule has 0 aromatic rings. The summed E-state index contributed by atoms with van der Waals surface area (Å²) < 4.78 is 0. The van der Waals surface area contributed by atoms with Gasteiger partial charge in [0.2, 0.25) is 11.8 Å². The smallest absolute Gasteiger partial charge is 0.223 e. The first-order chi connectivity index (χ1) is 10.7. The molecule has 22 heavy (non-hydrogen) atoms. The van der Waals surface area contributed by atoms with Gasteiger partial charge in [-0.1, -0.05) is 38.5 Å². The molecule has 0 unspecified atom stereocenters. The summed E-state index contributed by atoms with van der Waals surface area (Å²) in [7, 11) is 0. The Bertz CT molecular complexity index is 340. The Morgan fingerprint density at radius 2 is 1.23 bits per heavy atom. The van der Waals surface area contributed by atoms with Gasteiger partial charge in [0.25, 0.3) is 0 Å². The molecule has 4 nitrogen and oxygen atoms in total. The predicted molar refractivity (Wildman–Crippen MR) is 88.3 cm³/mol. The summed E-state index contributed by atoms with van der Waals surface area (Å²) in [5.74, 6) is 0.0622. The van der Waals surface area contributed by atoms with Crippen LogP contribution in [-0.4, -0.2) is 28.8 Å². The van der Waals surface area contributed by atoms with Gasteiger partial charge in [-0.3, -0.25) is 9.59 Å². The minimum atomic E-state index is -0.260. The van der Waals surface area contributed by atoms with Gasteiger partial charge in [-0.15, -0.1) is 0 Å². The lowest BCUT2D eigenvalue weighted by atomic mass is 9.88. The summed E-state index contributed by atoms with van der Waals surface area (Å²) >= 11 is 0. The molecule has 0 aromatic heterocycles. The van der Waals surface area contributed by atoms with Gasteiger partial charge in [-0.2, -0.15) is 0 Å². The summed E-state index contributed by atoms with van der Waals surface area (Å²) in [5, 5.41) is 0. The van der Waals surface area contributed by atoms with Crippen molar-refractivity contribution < 1.29 is 9.59 Å². The Labute approximate surface area is 134 Å². The number of rotatable bonds is 7. The summed E-state index contributed by atoms with van der Waals surface area (Å²) in [4.78, 5) is 25.9. The number of carbonyl (C=O) groups is 2. The van der Waals surface area contributed by atoms with E-state index in [1.807, 2.05) is 0 Å². The molecule has 0 radical (unpaired) electrons. The first-order valence-electron chi connectivity index (χ1n) is 9.28. The Balaban J connectivity index is 1.90. The number of nitrogens with two attached hydrogens (primary N) is 1. The number of hydrogen-bond donors (Lipinski definition) is 1. The number of primary amides is 1. The Morgan fingerprint density at radius 3 is 1.68 bits per heavy atom. The van der Waals surface area contributed by atoms with E-state index in [-0.39, 0.29) is 5.91 Å². The fourth-order valence-corrected chi connectivity index (χ4v) is 4.13. The number of nitrogens with zero attached hydrogens (tertiary/aromatic N) is 1. The average molecular weight is 308 g/mol. The van der Waals surface area contributed by atoms with Crippen molar-refractivity contribution in [3.8, 4) is 0 Å². The van der Waals surface area contributed by atoms with Crippen LogP contribution >= 0.6 is 0 Å². The van der Waals surface area contributed by atoms with E-state index in [1.54, 1.807) is 0 Å². The molecule has 0 heterocycles. The average Bonchev–Trinajstić information content (AvgIpc) is 2.54. The summed E-state index contributed by atoms with van der Waals surface area (Å²) in [6.07, 6.45) is 15.0. The van der Waals surface area contributed by atoms with E-state index < -0.39 is 0 Å². The van der Waals surface area contributed by atoms with Crippen LogP contribution in [0.5, 0.6) is 0 Å². The van der Waals surface area contributed by atoms with Crippen LogP contribution in [-0.2, 0) is 9.59 Å². The van der Waals surface area contributed by atoms with Crippen molar-refractivity contribution in [1.29, 1.82) is 0 Å². The molecule has 0 saturated heterocycles. The summed E-state index contributed by atoms with van der Waals surface area (Å²) in [6, 6.07) is 0.945. The maximum atomic E-state index is 12.8. The molecule has 2 fully saturated rings. The van der Waals surface area contributed by atoms with Crippen LogP contribution in [0.15, 0.2) is 0 Å². The van der Waals surface area contributed by atoms with E-state index in [4.69, 9.17) is 5.73 Å². The van der Waals surface area contributed by atoms with E-state index in [2.05, 4.69) is 4.90 Å². The van der Waals surface area contributed by atoms with Crippen LogP contribution in [0.1, 0.15) is 89.9 Å². The molecule has 2 saturated carbocycles. The highest BCUT2D eigenvalue weighted by atomic mass is 16.2. The minimum Gasteiger partial charge on any atom is -0.370 e. The van der Waals surface area contributed by atoms with Crippen molar-refractivity contribution in [3.05, 3.63) is 0 Å². The molecule has 126 valence electrons. The van der Waals surface area contributed by atoms with E-state index in [1.165, 1.54) is 64.2 Å². The van der Waals surface area contributed by atoms with Crippen LogP contribution in [0.4, 0.5) is 0 Å². The summed E-state index contributed by atoms with van der Waals surface area (Å²) in [6.45, 7) is 0. The summed E-state index contributed by atoms with van der Waals surface area (Å²) in [5.41, 5.74) is 5.17. The monoisotopic (exact) mass is 308 g/mol. The van der Waals surface area contributed by atoms with Gasteiger partial charge < -0.3 is 10.6 Å². The molecule has 0 aliphatic heterocycles. The number of unbranched alkanes of at least 4 members (excludes halogenated alkanes) is 1. The Kier molecular flexibility index (Phi) is 7.20. The molecule has 2 N–H and O–H groups in total. The highest BCUT2D eigenvalue weighted by Gasteiger charge is 2.31. The van der Waals surface area contributed by atoms with Gasteiger partial charge in [0.15, 0.2) is 0 Å². The van der Waals surface area contributed by atoms with Crippen LogP contribution < -0.4 is 5.73 Å². The van der Waals surface area contributed by atoms with Crippen molar-refractivity contribution in [2.45, 2.75) is 102 Å². The Hall–Kier alpha value is -1.06. The molecule has 0 aromatic carbocycles. The van der Waals surface area contributed by atoms with E-state index in [0.29, 0.717) is 30.8 Å². The maximum Gasteiger partial charge on any atom is 0.223 e. The third kappa shape index (κ3) is 5.29. The number of carbonyl (C=O) groups excluding carboxylic acids is 2. The first-order valence-corrected chi connectivity index (χ1v) is 9.28. The van der Waals surface area contributed by atoms with Crippen molar-refractivity contribution in [3.63, 3.8) is 0 Å². The standard InChI is InChI=1S/C18H32N2O2/c19-17(21)13-7-8-14-18(22)20(15-9-3-1-4-10-15)16-11-5-2-6-12-16/h15-16H,1-14H2,(H2,19,21). The molecule has 0 spiro atoms. The van der Waals surface area contributed by atoms with Crippen LogP contribution in [0.25, 0.3) is 0 Å². The predicted octanol–water partition coefficient (Wildman–Crippen LogP) is 3.53. The lowest BCUT2D eigenvalue weighted by Gasteiger charge is -2.42. The third-order valence-corrected chi connectivity index (χ3v) is 5.29. The van der Waals surface area contributed by atoms with E-state index in [0.717, 1.165) is 12.8 Å². The van der Waals surface area contributed by atoms with Gasteiger partial charge in [-0.25, -0.2) is 0 Å². The van der Waals surface area contributed by atoms with Crippen LogP contribution in [0.3, 0.4) is 0 Å². The fourth-order valence-electron chi connectivity index (χ4n) is 4.13. The zero-order valence-electron chi connectivity index (χ0n) is 13.9. The Morgan fingerprint density at radius 1 is 0.773 bits per heavy atom. The zero-order valence-corrected chi connectivity index (χ0v) is 13.9. The molecule has 2 amide bonds. The molecule has 4 heteroatoms. The molecule has 0 atom stereocenters.